The van der Waals surface area contributed by atoms with Gasteiger partial charge >= 0.3 is 0 Å². The Hall–Kier alpha value is -2.11. The predicted molar refractivity (Wildman–Crippen MR) is 105 cm³/mol. The summed E-state index contributed by atoms with van der Waals surface area (Å²) < 4.78 is 0. The lowest BCUT2D eigenvalue weighted by Crippen LogP contribution is -2.35. The average molecular weight is 362 g/mol. The molecule has 0 saturated heterocycles. The Morgan fingerprint density at radius 2 is 1.71 bits per heavy atom. The van der Waals surface area contributed by atoms with Crippen LogP contribution in [0.2, 0.25) is 5.02 Å². The molecular weight excluding hydrogens is 342 g/mol. The zero-order chi connectivity index (χ0) is 17.7. The molecule has 0 fully saturated rings. The molecule has 0 spiro atoms. The van der Waals surface area contributed by atoms with Crippen molar-refractivity contribution in [1.29, 1.82) is 0 Å². The molecule has 3 N–H and O–H groups in total. The molecule has 6 heteroatoms. The average Bonchev–Trinajstić information content (AvgIpc) is 2.53. The molecule has 24 heavy (non-hydrogen) atoms. The van der Waals surface area contributed by atoms with Crippen LogP contribution in [-0.4, -0.2) is 17.6 Å². The van der Waals surface area contributed by atoms with E-state index in [-0.39, 0.29) is 12.5 Å². The van der Waals surface area contributed by atoms with Gasteiger partial charge in [0.05, 0.1) is 6.54 Å². The van der Waals surface area contributed by atoms with Crippen LogP contribution >= 0.6 is 23.8 Å². The first-order valence-electron chi connectivity index (χ1n) is 7.54. The molecule has 0 heterocycles. The van der Waals surface area contributed by atoms with E-state index >= 15 is 0 Å². The molecule has 0 unspecified atom stereocenters. The molecule has 2 aromatic rings. The molecule has 4 nitrogen and oxygen atoms in total. The van der Waals surface area contributed by atoms with Crippen LogP contribution < -0.4 is 16.0 Å². The first-order valence-corrected chi connectivity index (χ1v) is 8.32. The number of halogens is 1. The normalized spacial score (nSPS) is 10.2. The van der Waals surface area contributed by atoms with Crippen molar-refractivity contribution in [2.45, 2.75) is 20.8 Å². The number of carbonyl (C=O) groups excluding carboxylic acids is 1. The lowest BCUT2D eigenvalue weighted by molar-refractivity contribution is -0.115. The van der Waals surface area contributed by atoms with Gasteiger partial charge in [0.2, 0.25) is 5.91 Å². The zero-order valence-corrected chi connectivity index (χ0v) is 15.4. The third kappa shape index (κ3) is 4.94. The van der Waals surface area contributed by atoms with E-state index in [4.69, 9.17) is 23.8 Å². The summed E-state index contributed by atoms with van der Waals surface area (Å²) in [5, 5.41) is 9.83. The molecule has 2 aromatic carbocycles. The number of benzene rings is 2. The van der Waals surface area contributed by atoms with Crippen LogP contribution in [0, 0.1) is 20.8 Å². The minimum atomic E-state index is -0.154. The van der Waals surface area contributed by atoms with Crippen molar-refractivity contribution in [1.82, 2.24) is 5.32 Å². The van der Waals surface area contributed by atoms with Crippen molar-refractivity contribution in [3.05, 3.63) is 58.1 Å². The van der Waals surface area contributed by atoms with Crippen molar-refractivity contribution in [3.63, 3.8) is 0 Å². The van der Waals surface area contributed by atoms with Crippen molar-refractivity contribution in [2.75, 3.05) is 17.2 Å². The largest absolute Gasteiger partial charge is 0.353 e. The van der Waals surface area contributed by atoms with E-state index in [1.165, 1.54) is 0 Å². The zero-order valence-electron chi connectivity index (χ0n) is 13.9. The Balaban J connectivity index is 1.87. The summed E-state index contributed by atoms with van der Waals surface area (Å²) in [5.41, 5.74) is 4.66. The van der Waals surface area contributed by atoms with Gasteiger partial charge < -0.3 is 16.0 Å². The molecule has 0 aliphatic heterocycles. The molecule has 0 bridgehead atoms. The quantitative estimate of drug-likeness (QED) is 0.715. The number of nitrogens with one attached hydrogen (secondary N) is 3. The minimum absolute atomic E-state index is 0.0825. The number of rotatable bonds is 4. The smallest absolute Gasteiger partial charge is 0.243 e. The second-order valence-corrected chi connectivity index (χ2v) is 6.40. The number of hydrogen-bond acceptors (Lipinski definition) is 2. The standard InChI is InChI=1S/C18H20ClN3OS/c1-11-7-8-14(9-15(11)19)21-18(24)20-10-16(23)22-17-12(2)5-4-6-13(17)3/h4-9H,10H2,1-3H3,(H,22,23)(H2,20,21,24). The number of carbonyl (C=O) groups is 1. The van der Waals surface area contributed by atoms with Gasteiger partial charge in [-0.15, -0.1) is 0 Å². The molecule has 0 aliphatic carbocycles. The molecule has 126 valence electrons. The number of amides is 1. The van der Waals surface area contributed by atoms with Gasteiger partial charge in [0.1, 0.15) is 0 Å². The molecule has 0 aliphatic rings. The maximum absolute atomic E-state index is 12.1. The van der Waals surface area contributed by atoms with Gasteiger partial charge in [-0.2, -0.15) is 0 Å². The fourth-order valence-corrected chi connectivity index (χ4v) is 2.57. The van der Waals surface area contributed by atoms with Crippen LogP contribution in [0.15, 0.2) is 36.4 Å². The van der Waals surface area contributed by atoms with Crippen LogP contribution in [-0.2, 0) is 4.79 Å². The first kappa shape index (κ1) is 18.2. The third-order valence-electron chi connectivity index (χ3n) is 3.58. The number of hydrogen-bond donors (Lipinski definition) is 3. The van der Waals surface area contributed by atoms with E-state index < -0.39 is 0 Å². The van der Waals surface area contributed by atoms with Gasteiger partial charge in [0, 0.05) is 16.4 Å². The van der Waals surface area contributed by atoms with Crippen LogP contribution in [0.4, 0.5) is 11.4 Å². The number of thiocarbonyl (C=S) groups is 1. The highest BCUT2D eigenvalue weighted by Gasteiger charge is 2.08. The fraction of sp³-hybridized carbons (Fsp3) is 0.222. The monoisotopic (exact) mass is 361 g/mol. The van der Waals surface area contributed by atoms with Crippen molar-refractivity contribution < 1.29 is 4.79 Å². The van der Waals surface area contributed by atoms with E-state index in [9.17, 15) is 4.79 Å². The second-order valence-electron chi connectivity index (χ2n) is 5.59. The highest BCUT2D eigenvalue weighted by Crippen LogP contribution is 2.20. The Labute approximate surface area is 152 Å². The molecule has 0 saturated carbocycles. The van der Waals surface area contributed by atoms with Gasteiger partial charge in [0.15, 0.2) is 5.11 Å². The van der Waals surface area contributed by atoms with Gasteiger partial charge in [-0.25, -0.2) is 0 Å². The maximum Gasteiger partial charge on any atom is 0.243 e. The van der Waals surface area contributed by atoms with Crippen molar-refractivity contribution in [2.24, 2.45) is 0 Å². The summed E-state index contributed by atoms with van der Waals surface area (Å²) in [6, 6.07) is 11.5. The van der Waals surface area contributed by atoms with Gasteiger partial charge in [-0.1, -0.05) is 35.9 Å². The summed E-state index contributed by atoms with van der Waals surface area (Å²) >= 11 is 11.3. The van der Waals surface area contributed by atoms with Crippen LogP contribution in [0.1, 0.15) is 16.7 Å². The molecule has 0 aromatic heterocycles. The van der Waals surface area contributed by atoms with Crippen LogP contribution in [0.25, 0.3) is 0 Å². The fourth-order valence-electron chi connectivity index (χ4n) is 2.20. The minimum Gasteiger partial charge on any atom is -0.353 e. The van der Waals surface area contributed by atoms with E-state index in [0.717, 1.165) is 28.1 Å². The van der Waals surface area contributed by atoms with Crippen molar-refractivity contribution >= 4 is 46.2 Å². The number of anilines is 2. The summed E-state index contributed by atoms with van der Waals surface area (Å²) in [6.07, 6.45) is 0. The van der Waals surface area contributed by atoms with Gasteiger partial charge in [-0.05, 0) is 61.8 Å². The number of aryl methyl sites for hydroxylation is 3. The Morgan fingerprint density at radius 3 is 2.33 bits per heavy atom. The van der Waals surface area contributed by atoms with Gasteiger partial charge in [0.25, 0.3) is 0 Å². The number of para-hydroxylation sites is 1. The van der Waals surface area contributed by atoms with Crippen LogP contribution in [0.5, 0.6) is 0 Å². The summed E-state index contributed by atoms with van der Waals surface area (Å²) in [7, 11) is 0. The topological polar surface area (TPSA) is 53.2 Å². The van der Waals surface area contributed by atoms with E-state index in [1.54, 1.807) is 6.07 Å². The van der Waals surface area contributed by atoms with Gasteiger partial charge in [-0.3, -0.25) is 4.79 Å². The second kappa shape index (κ2) is 8.13. The lowest BCUT2D eigenvalue weighted by Gasteiger charge is -2.13. The van der Waals surface area contributed by atoms with Crippen LogP contribution in [0.3, 0.4) is 0 Å². The maximum atomic E-state index is 12.1. The summed E-state index contributed by atoms with van der Waals surface area (Å²) in [4.78, 5) is 12.1. The Morgan fingerprint density at radius 1 is 1.04 bits per heavy atom. The molecular formula is C18H20ClN3OS. The molecule has 1 amide bonds. The SMILES string of the molecule is Cc1ccc(NC(=S)NCC(=O)Nc2c(C)cccc2C)cc1Cl. The van der Waals surface area contributed by atoms with E-state index in [0.29, 0.717) is 10.1 Å². The Bertz CT molecular complexity index is 757. The molecule has 0 atom stereocenters. The van der Waals surface area contributed by atoms with E-state index in [1.807, 2.05) is 51.1 Å². The lowest BCUT2D eigenvalue weighted by atomic mass is 10.1. The molecule has 2 rings (SSSR count). The summed E-state index contributed by atoms with van der Waals surface area (Å²) in [5.74, 6) is -0.154. The third-order valence-corrected chi connectivity index (χ3v) is 4.24. The Kier molecular flexibility index (Phi) is 6.17. The van der Waals surface area contributed by atoms with E-state index in [2.05, 4.69) is 16.0 Å². The highest BCUT2D eigenvalue weighted by molar-refractivity contribution is 7.80. The van der Waals surface area contributed by atoms with Crippen molar-refractivity contribution in [3.8, 4) is 0 Å². The molecule has 0 radical (unpaired) electrons. The summed E-state index contributed by atoms with van der Waals surface area (Å²) in [6.45, 7) is 5.94. The predicted octanol–water partition coefficient (Wildman–Crippen LogP) is 4.19. The highest BCUT2D eigenvalue weighted by atomic mass is 35.5. The first-order chi connectivity index (χ1) is 11.4.